The molecule has 0 aliphatic rings. The molecule has 0 bridgehead atoms. The van der Waals surface area contributed by atoms with Crippen LogP contribution in [0.4, 0.5) is 0 Å². The highest BCUT2D eigenvalue weighted by Crippen LogP contribution is 2.19. The molecule has 3 heterocycles. The van der Waals surface area contributed by atoms with E-state index in [-0.39, 0.29) is 5.69 Å². The van der Waals surface area contributed by atoms with Gasteiger partial charge in [-0.05, 0) is 12.1 Å². The molecule has 1 amide bonds. The Morgan fingerprint density at radius 2 is 2.19 bits per heavy atom. The molecule has 0 aliphatic heterocycles. The molecule has 108 valence electrons. The molecule has 0 saturated carbocycles. The SMILES string of the molecule is COc1cc2c(ccn2CCn2ccc(C(N)=O)n2)cn1. The van der Waals surface area contributed by atoms with Gasteiger partial charge in [-0.25, -0.2) is 4.98 Å². The Morgan fingerprint density at radius 1 is 1.33 bits per heavy atom. The second-order valence-corrected chi connectivity index (χ2v) is 4.62. The maximum Gasteiger partial charge on any atom is 0.269 e. The minimum absolute atomic E-state index is 0.276. The predicted molar refractivity (Wildman–Crippen MR) is 77.0 cm³/mol. The zero-order valence-corrected chi connectivity index (χ0v) is 11.6. The summed E-state index contributed by atoms with van der Waals surface area (Å²) in [6, 6.07) is 5.51. The number of pyridine rings is 1. The van der Waals surface area contributed by atoms with Crippen molar-refractivity contribution in [1.29, 1.82) is 0 Å². The summed E-state index contributed by atoms with van der Waals surface area (Å²) in [5.41, 5.74) is 6.51. The number of carbonyl (C=O) groups excluding carboxylic acids is 1. The first-order valence-corrected chi connectivity index (χ1v) is 6.49. The van der Waals surface area contributed by atoms with Crippen LogP contribution in [0.25, 0.3) is 10.9 Å². The molecular formula is C14H15N5O2. The zero-order valence-electron chi connectivity index (χ0n) is 11.6. The van der Waals surface area contributed by atoms with Crippen LogP contribution < -0.4 is 10.5 Å². The van der Waals surface area contributed by atoms with Crippen LogP contribution in [0.3, 0.4) is 0 Å². The van der Waals surface area contributed by atoms with Crippen molar-refractivity contribution >= 4 is 16.8 Å². The van der Waals surface area contributed by atoms with Gasteiger partial charge in [-0.15, -0.1) is 0 Å². The van der Waals surface area contributed by atoms with Gasteiger partial charge in [-0.3, -0.25) is 9.48 Å². The van der Waals surface area contributed by atoms with Crippen molar-refractivity contribution in [1.82, 2.24) is 19.3 Å². The lowest BCUT2D eigenvalue weighted by Gasteiger charge is -2.06. The number of rotatable bonds is 5. The lowest BCUT2D eigenvalue weighted by atomic mass is 10.3. The third-order valence-electron chi connectivity index (χ3n) is 3.30. The monoisotopic (exact) mass is 285 g/mol. The molecule has 2 N–H and O–H groups in total. The Balaban J connectivity index is 1.79. The number of nitrogens with two attached hydrogens (primary N) is 1. The summed E-state index contributed by atoms with van der Waals surface area (Å²) in [5.74, 6) is 0.0635. The number of carbonyl (C=O) groups is 1. The normalized spacial score (nSPS) is 10.9. The van der Waals surface area contributed by atoms with Crippen molar-refractivity contribution in [2.24, 2.45) is 5.73 Å². The van der Waals surface area contributed by atoms with Crippen molar-refractivity contribution in [3.05, 3.63) is 42.5 Å². The van der Waals surface area contributed by atoms with Crippen LogP contribution in [0.5, 0.6) is 5.88 Å². The number of ether oxygens (including phenoxy) is 1. The van der Waals surface area contributed by atoms with Crippen molar-refractivity contribution in [3.63, 3.8) is 0 Å². The fraction of sp³-hybridized carbons (Fsp3) is 0.214. The molecule has 0 fully saturated rings. The summed E-state index contributed by atoms with van der Waals surface area (Å²) in [4.78, 5) is 15.2. The number of hydrogen-bond donors (Lipinski definition) is 1. The van der Waals surface area contributed by atoms with E-state index in [2.05, 4.69) is 14.6 Å². The van der Waals surface area contributed by atoms with Crippen molar-refractivity contribution in [3.8, 4) is 5.88 Å². The molecule has 7 nitrogen and oxygen atoms in total. The van der Waals surface area contributed by atoms with Gasteiger partial charge in [0.05, 0.1) is 19.2 Å². The minimum atomic E-state index is -0.518. The van der Waals surface area contributed by atoms with Crippen LogP contribution in [0.15, 0.2) is 36.8 Å². The van der Waals surface area contributed by atoms with E-state index >= 15 is 0 Å². The number of aryl methyl sites for hydroxylation is 2. The molecule has 3 aromatic heterocycles. The Hall–Kier alpha value is -2.83. The third-order valence-corrected chi connectivity index (χ3v) is 3.30. The van der Waals surface area contributed by atoms with Crippen molar-refractivity contribution < 1.29 is 9.53 Å². The number of nitrogens with zero attached hydrogens (tertiary/aromatic N) is 4. The topological polar surface area (TPSA) is 88.0 Å². The zero-order chi connectivity index (χ0) is 14.8. The smallest absolute Gasteiger partial charge is 0.269 e. The number of primary amides is 1. The molecule has 0 atom stereocenters. The van der Waals surface area contributed by atoms with Gasteiger partial charge < -0.3 is 15.0 Å². The Kier molecular flexibility index (Phi) is 3.31. The highest BCUT2D eigenvalue weighted by Gasteiger charge is 2.06. The molecule has 0 unspecified atom stereocenters. The lowest BCUT2D eigenvalue weighted by molar-refractivity contribution is 0.0994. The minimum Gasteiger partial charge on any atom is -0.481 e. The van der Waals surface area contributed by atoms with Crippen LogP contribution in [0.1, 0.15) is 10.5 Å². The van der Waals surface area contributed by atoms with Crippen LogP contribution >= 0.6 is 0 Å². The number of fused-ring (bicyclic) bond motifs is 1. The first kappa shape index (κ1) is 13.2. The van der Waals surface area contributed by atoms with Gasteiger partial charge in [-0.1, -0.05) is 0 Å². The standard InChI is InChI=1S/C14H15N5O2/c1-21-13-8-12-10(9-16-13)2-4-18(12)6-7-19-5-3-11(17-19)14(15)20/h2-5,8-9H,6-7H2,1H3,(H2,15,20). The number of aromatic nitrogens is 4. The van der Waals surface area contributed by atoms with Gasteiger partial charge in [0.1, 0.15) is 5.69 Å². The second kappa shape index (κ2) is 5.28. The molecule has 7 heteroatoms. The molecule has 21 heavy (non-hydrogen) atoms. The summed E-state index contributed by atoms with van der Waals surface area (Å²) >= 11 is 0. The van der Waals surface area contributed by atoms with Gasteiger partial charge in [0.2, 0.25) is 5.88 Å². The molecular weight excluding hydrogens is 270 g/mol. The summed E-state index contributed by atoms with van der Waals surface area (Å²) in [7, 11) is 1.59. The molecule has 3 rings (SSSR count). The first-order valence-electron chi connectivity index (χ1n) is 6.49. The summed E-state index contributed by atoms with van der Waals surface area (Å²) in [5, 5.41) is 5.16. The van der Waals surface area contributed by atoms with E-state index in [4.69, 9.17) is 10.5 Å². The number of hydrogen-bond acceptors (Lipinski definition) is 4. The summed E-state index contributed by atoms with van der Waals surface area (Å²) in [6.45, 7) is 1.36. The van der Waals surface area contributed by atoms with Crippen molar-refractivity contribution in [2.45, 2.75) is 13.1 Å². The Bertz CT molecular complexity index is 790. The van der Waals surface area contributed by atoms with E-state index < -0.39 is 5.91 Å². The fourth-order valence-corrected chi connectivity index (χ4v) is 2.20. The van der Waals surface area contributed by atoms with E-state index in [1.807, 2.05) is 18.3 Å². The lowest BCUT2D eigenvalue weighted by Crippen LogP contribution is -2.13. The van der Waals surface area contributed by atoms with Crippen LogP contribution in [-0.2, 0) is 13.1 Å². The fourth-order valence-electron chi connectivity index (χ4n) is 2.20. The van der Waals surface area contributed by atoms with Crippen LogP contribution in [0.2, 0.25) is 0 Å². The van der Waals surface area contributed by atoms with Gasteiger partial charge >= 0.3 is 0 Å². The number of methoxy groups -OCH3 is 1. The van der Waals surface area contributed by atoms with Gasteiger partial charge in [0.15, 0.2) is 0 Å². The number of amides is 1. The average molecular weight is 285 g/mol. The first-order chi connectivity index (χ1) is 10.2. The Morgan fingerprint density at radius 3 is 2.90 bits per heavy atom. The average Bonchev–Trinajstić information content (AvgIpc) is 3.11. The summed E-state index contributed by atoms with van der Waals surface area (Å²) < 4.78 is 8.93. The Labute approximate surface area is 120 Å². The van der Waals surface area contributed by atoms with E-state index in [0.29, 0.717) is 12.4 Å². The van der Waals surface area contributed by atoms with Gasteiger partial charge in [0.25, 0.3) is 5.91 Å². The highest BCUT2D eigenvalue weighted by atomic mass is 16.5. The molecule has 0 aliphatic carbocycles. The molecule has 0 aromatic carbocycles. The van der Waals surface area contributed by atoms with Crippen LogP contribution in [0, 0.1) is 0 Å². The summed E-state index contributed by atoms with van der Waals surface area (Å²) in [6.07, 6.45) is 5.52. The highest BCUT2D eigenvalue weighted by molar-refractivity contribution is 5.90. The largest absolute Gasteiger partial charge is 0.481 e. The van der Waals surface area contributed by atoms with E-state index in [1.54, 1.807) is 30.3 Å². The predicted octanol–water partition coefficient (Wildman–Crippen LogP) is 1.04. The van der Waals surface area contributed by atoms with E-state index in [1.165, 1.54) is 0 Å². The van der Waals surface area contributed by atoms with E-state index in [9.17, 15) is 4.79 Å². The molecule has 0 spiro atoms. The maximum absolute atomic E-state index is 11.0. The molecule has 0 saturated heterocycles. The molecule has 3 aromatic rings. The van der Waals surface area contributed by atoms with Crippen LogP contribution in [-0.4, -0.2) is 32.3 Å². The van der Waals surface area contributed by atoms with Crippen molar-refractivity contribution in [2.75, 3.05) is 7.11 Å². The third kappa shape index (κ3) is 2.58. The maximum atomic E-state index is 11.0. The quantitative estimate of drug-likeness (QED) is 0.758. The van der Waals surface area contributed by atoms with E-state index in [0.717, 1.165) is 17.4 Å². The molecule has 0 radical (unpaired) electrons. The second-order valence-electron chi connectivity index (χ2n) is 4.62. The van der Waals surface area contributed by atoms with Gasteiger partial charge in [0, 0.05) is 36.6 Å². The van der Waals surface area contributed by atoms with Gasteiger partial charge in [-0.2, -0.15) is 5.10 Å².